The topological polar surface area (TPSA) is 97.4 Å². The predicted octanol–water partition coefficient (Wildman–Crippen LogP) is 2.99. The van der Waals surface area contributed by atoms with E-state index in [2.05, 4.69) is 15.0 Å². The molecule has 1 unspecified atom stereocenters. The molecule has 2 N–H and O–H groups in total. The Kier molecular flexibility index (Phi) is 5.69. The molecule has 0 aliphatic heterocycles. The van der Waals surface area contributed by atoms with E-state index in [1.807, 2.05) is 0 Å². The largest absolute Gasteiger partial charge is 0.484 e. The Balaban J connectivity index is 0.00000272. The number of hydrogen-bond donors (Lipinski definition) is 2. The van der Waals surface area contributed by atoms with Crippen molar-refractivity contribution < 1.29 is 23.8 Å². The minimum atomic E-state index is -3.72. The molecule has 0 saturated carbocycles. The summed E-state index contributed by atoms with van der Waals surface area (Å²) >= 11 is 1.20. The molecular formula is C20H20FN3O4S2. The van der Waals surface area contributed by atoms with Crippen LogP contribution in [0.15, 0.2) is 58.9 Å². The number of nitrogens with zero attached hydrogens (tertiary/aromatic N) is 1. The lowest BCUT2D eigenvalue weighted by molar-refractivity contribution is -0.123. The van der Waals surface area contributed by atoms with Crippen LogP contribution in [0.25, 0.3) is 0 Å². The van der Waals surface area contributed by atoms with Crippen LogP contribution in [-0.4, -0.2) is 32.0 Å². The van der Waals surface area contributed by atoms with Crippen molar-refractivity contribution in [1.29, 1.82) is 0 Å². The van der Waals surface area contributed by atoms with Gasteiger partial charge >= 0.3 is 0 Å². The van der Waals surface area contributed by atoms with Crippen molar-refractivity contribution in [3.8, 4) is 5.75 Å². The summed E-state index contributed by atoms with van der Waals surface area (Å²) in [6.07, 6.45) is 2.66. The third-order valence-corrected chi connectivity index (χ3v) is 6.78. The van der Waals surface area contributed by atoms with Crippen LogP contribution in [0, 0.1) is 5.82 Å². The molecule has 0 fully saturated rings. The fourth-order valence-corrected chi connectivity index (χ4v) is 5.10. The van der Waals surface area contributed by atoms with E-state index in [1.165, 1.54) is 41.8 Å². The molecule has 1 aliphatic carbocycles. The number of thiazole rings is 1. The number of carbonyl (C=O) groups is 1. The molecule has 10 heteroatoms. The fourth-order valence-electron chi connectivity index (χ4n) is 3.26. The van der Waals surface area contributed by atoms with Gasteiger partial charge in [-0.15, -0.1) is 11.3 Å². The number of hydrogen-bond acceptors (Lipinski definition) is 6. The third-order valence-electron chi connectivity index (χ3n) is 4.62. The molecule has 0 radical (unpaired) electrons. The summed E-state index contributed by atoms with van der Waals surface area (Å²) in [6, 6.07) is 10.2. The van der Waals surface area contributed by atoms with Crippen molar-refractivity contribution in [3.05, 3.63) is 71.0 Å². The number of fused-ring (bicyclic) bond motifs is 1. The smallest absolute Gasteiger partial charge is 0.263 e. The molecule has 1 heterocycles. The summed E-state index contributed by atoms with van der Waals surface area (Å²) in [7, 11) is -3.72. The van der Waals surface area contributed by atoms with Gasteiger partial charge in [0.1, 0.15) is 11.6 Å². The van der Waals surface area contributed by atoms with Crippen LogP contribution in [0.3, 0.4) is 0 Å². The summed E-state index contributed by atoms with van der Waals surface area (Å²) < 4.78 is 45.8. The zero-order chi connectivity index (χ0) is 21.1. The molecule has 1 amide bonds. The van der Waals surface area contributed by atoms with Crippen molar-refractivity contribution in [3.63, 3.8) is 0 Å². The van der Waals surface area contributed by atoms with Gasteiger partial charge in [-0.1, -0.05) is 6.07 Å². The zero-order valence-electron chi connectivity index (χ0n) is 15.7. The third kappa shape index (κ3) is 4.77. The zero-order valence-corrected chi connectivity index (χ0v) is 17.3. The molecule has 7 nitrogen and oxygen atoms in total. The summed E-state index contributed by atoms with van der Waals surface area (Å²) in [4.78, 5) is 16.3. The Labute approximate surface area is 178 Å². The minimum Gasteiger partial charge on any atom is -0.484 e. The van der Waals surface area contributed by atoms with Crippen molar-refractivity contribution in [2.45, 2.75) is 23.8 Å². The van der Waals surface area contributed by atoms with Gasteiger partial charge in [-0.05, 0) is 60.4 Å². The van der Waals surface area contributed by atoms with Gasteiger partial charge < -0.3 is 10.1 Å². The first-order valence-corrected chi connectivity index (χ1v) is 11.5. The molecule has 3 aromatic rings. The van der Waals surface area contributed by atoms with Crippen molar-refractivity contribution in [2.24, 2.45) is 0 Å². The molecule has 0 spiro atoms. The SMILES string of the molecule is O=C(COc1ccc(F)cc1)NC1Cc2ccc(S(=O)(=O)Nc3nccs3)cc2C1.[HH]. The standard InChI is InChI=1S/C20H18FN3O4S2.H2/c21-15-2-4-17(5-3-15)28-12-19(25)23-16-9-13-1-6-18(11-14(13)10-16)30(26,27)24-20-22-7-8-29-20;/h1-8,11,16H,9-10,12H2,(H,22,24)(H,23,25);1H. The number of anilines is 1. The van der Waals surface area contributed by atoms with Crippen LogP contribution >= 0.6 is 11.3 Å². The summed E-state index contributed by atoms with van der Waals surface area (Å²) in [5.74, 6) is -0.266. The number of aromatic nitrogens is 1. The molecule has 0 bridgehead atoms. The predicted molar refractivity (Wildman–Crippen MR) is 113 cm³/mol. The number of halogens is 1. The van der Waals surface area contributed by atoms with Gasteiger partial charge in [0.15, 0.2) is 11.7 Å². The van der Waals surface area contributed by atoms with Gasteiger partial charge in [-0.3, -0.25) is 9.52 Å². The van der Waals surface area contributed by atoms with Crippen LogP contribution in [0.1, 0.15) is 12.6 Å². The minimum absolute atomic E-state index is 0. The lowest BCUT2D eigenvalue weighted by Gasteiger charge is -2.12. The maximum absolute atomic E-state index is 12.9. The van der Waals surface area contributed by atoms with Gasteiger partial charge in [0, 0.05) is 19.0 Å². The summed E-state index contributed by atoms with van der Waals surface area (Å²) in [6.45, 7) is -0.185. The Morgan fingerprint density at radius 3 is 2.70 bits per heavy atom. The maximum Gasteiger partial charge on any atom is 0.263 e. The Hall–Kier alpha value is -2.98. The van der Waals surface area contributed by atoms with E-state index < -0.39 is 10.0 Å². The normalized spacial score (nSPS) is 15.4. The molecule has 1 atom stereocenters. The quantitative estimate of drug-likeness (QED) is 0.578. The number of amides is 1. The van der Waals surface area contributed by atoms with Crippen molar-refractivity contribution in [2.75, 3.05) is 11.3 Å². The summed E-state index contributed by atoms with van der Waals surface area (Å²) in [5, 5.41) is 4.89. The second kappa shape index (κ2) is 8.41. The summed E-state index contributed by atoms with van der Waals surface area (Å²) in [5.41, 5.74) is 1.87. The van der Waals surface area contributed by atoms with Gasteiger partial charge in [0.05, 0.1) is 4.90 Å². The highest BCUT2D eigenvalue weighted by Crippen LogP contribution is 2.26. The Bertz CT molecular complexity index is 1160. The number of carbonyl (C=O) groups excluding carboxylic acids is 1. The highest BCUT2D eigenvalue weighted by molar-refractivity contribution is 7.93. The Morgan fingerprint density at radius 1 is 1.20 bits per heavy atom. The lowest BCUT2D eigenvalue weighted by Crippen LogP contribution is -2.38. The van der Waals surface area contributed by atoms with Crippen molar-refractivity contribution in [1.82, 2.24) is 10.3 Å². The lowest BCUT2D eigenvalue weighted by atomic mass is 10.1. The second-order valence-corrected chi connectivity index (χ2v) is 9.37. The molecule has 30 heavy (non-hydrogen) atoms. The van der Waals surface area contributed by atoms with Crippen LogP contribution in [0.4, 0.5) is 9.52 Å². The van der Waals surface area contributed by atoms with Crippen LogP contribution in [0.2, 0.25) is 0 Å². The first kappa shape index (κ1) is 20.3. The van der Waals surface area contributed by atoms with Gasteiger partial charge in [0.2, 0.25) is 0 Å². The highest BCUT2D eigenvalue weighted by atomic mass is 32.2. The van der Waals surface area contributed by atoms with E-state index in [9.17, 15) is 17.6 Å². The number of nitrogens with one attached hydrogen (secondary N) is 2. The molecule has 4 rings (SSSR count). The molecule has 158 valence electrons. The number of ether oxygens (including phenoxy) is 1. The fraction of sp³-hybridized carbons (Fsp3) is 0.200. The average Bonchev–Trinajstić information content (AvgIpc) is 3.35. The number of benzene rings is 2. The van der Waals surface area contributed by atoms with E-state index in [0.29, 0.717) is 23.7 Å². The highest BCUT2D eigenvalue weighted by Gasteiger charge is 2.25. The second-order valence-electron chi connectivity index (χ2n) is 6.79. The molecule has 1 aliphatic rings. The van der Waals surface area contributed by atoms with E-state index in [0.717, 1.165) is 11.1 Å². The average molecular weight is 450 g/mol. The molecule has 2 aromatic carbocycles. The van der Waals surface area contributed by atoms with Gasteiger partial charge in [-0.2, -0.15) is 0 Å². The van der Waals surface area contributed by atoms with Gasteiger partial charge in [0.25, 0.3) is 15.9 Å². The van der Waals surface area contributed by atoms with Crippen LogP contribution < -0.4 is 14.8 Å². The van der Waals surface area contributed by atoms with Crippen molar-refractivity contribution >= 4 is 32.4 Å². The van der Waals surface area contributed by atoms with Crippen LogP contribution in [0.5, 0.6) is 5.75 Å². The molecular weight excluding hydrogens is 429 g/mol. The molecule has 0 saturated heterocycles. The maximum atomic E-state index is 12.9. The molecule has 1 aromatic heterocycles. The van der Waals surface area contributed by atoms with E-state index in [4.69, 9.17) is 4.74 Å². The number of rotatable bonds is 7. The van der Waals surface area contributed by atoms with Gasteiger partial charge in [-0.25, -0.2) is 17.8 Å². The Morgan fingerprint density at radius 2 is 1.97 bits per heavy atom. The first-order chi connectivity index (χ1) is 14.4. The first-order valence-electron chi connectivity index (χ1n) is 9.11. The van der Waals surface area contributed by atoms with E-state index in [-0.39, 0.29) is 30.7 Å². The number of sulfonamides is 1. The van der Waals surface area contributed by atoms with E-state index in [1.54, 1.807) is 23.6 Å². The van der Waals surface area contributed by atoms with Crippen LogP contribution in [-0.2, 0) is 27.7 Å². The van der Waals surface area contributed by atoms with E-state index >= 15 is 0 Å². The monoisotopic (exact) mass is 449 g/mol.